The lowest BCUT2D eigenvalue weighted by Crippen LogP contribution is -2.40. The van der Waals surface area contributed by atoms with Gasteiger partial charge in [-0.1, -0.05) is 35.0 Å². The maximum atomic E-state index is 12.2. The third-order valence-electron chi connectivity index (χ3n) is 3.81. The molecule has 2 unspecified atom stereocenters. The molecule has 5 heteroatoms. The lowest BCUT2D eigenvalue weighted by Gasteiger charge is -2.23. The molecule has 2 atom stereocenters. The smallest absolute Gasteiger partial charge is 0.317 e. The fourth-order valence-electron chi connectivity index (χ4n) is 2.52. The van der Waals surface area contributed by atoms with Crippen molar-refractivity contribution in [3.05, 3.63) is 34.3 Å². The number of urea groups is 1. The van der Waals surface area contributed by atoms with E-state index in [4.69, 9.17) is 5.11 Å². The predicted octanol–water partition coefficient (Wildman–Crippen LogP) is 2.92. The highest BCUT2D eigenvalue weighted by molar-refractivity contribution is 9.10. The fraction of sp³-hybridized carbons (Fsp3) is 0.533. The number of halogens is 1. The van der Waals surface area contributed by atoms with E-state index < -0.39 is 0 Å². The number of hydrogen-bond acceptors (Lipinski definition) is 2. The number of carbonyl (C=O) groups is 1. The molecule has 2 N–H and O–H groups in total. The van der Waals surface area contributed by atoms with E-state index in [2.05, 4.69) is 28.2 Å². The second-order valence-electron chi connectivity index (χ2n) is 5.25. The van der Waals surface area contributed by atoms with Crippen LogP contribution < -0.4 is 5.32 Å². The van der Waals surface area contributed by atoms with Crippen LogP contribution in [-0.2, 0) is 0 Å². The molecule has 1 aromatic carbocycles. The summed E-state index contributed by atoms with van der Waals surface area (Å²) >= 11 is 3.42. The first-order chi connectivity index (χ1) is 9.63. The van der Waals surface area contributed by atoms with E-state index in [1.165, 1.54) is 0 Å². The summed E-state index contributed by atoms with van der Waals surface area (Å²) in [4.78, 5) is 14.0. The Morgan fingerprint density at radius 3 is 2.75 bits per heavy atom. The highest BCUT2D eigenvalue weighted by atomic mass is 79.9. The van der Waals surface area contributed by atoms with Crippen molar-refractivity contribution in [3.63, 3.8) is 0 Å². The largest absolute Gasteiger partial charge is 0.396 e. The number of carbonyl (C=O) groups excluding carboxylic acids is 1. The third-order valence-corrected chi connectivity index (χ3v) is 4.34. The summed E-state index contributed by atoms with van der Waals surface area (Å²) in [7, 11) is 0. The van der Waals surface area contributed by atoms with Gasteiger partial charge in [-0.2, -0.15) is 0 Å². The SMILES string of the molecule is CCC(NC(=O)N1CCC(CO)C1)c1ccc(Br)cc1. The van der Waals surface area contributed by atoms with Gasteiger partial charge in [0.25, 0.3) is 0 Å². The first-order valence-corrected chi connectivity index (χ1v) is 7.85. The van der Waals surface area contributed by atoms with Crippen molar-refractivity contribution in [1.82, 2.24) is 10.2 Å². The van der Waals surface area contributed by atoms with Gasteiger partial charge in [0, 0.05) is 30.1 Å². The van der Waals surface area contributed by atoms with Crippen molar-refractivity contribution < 1.29 is 9.90 Å². The van der Waals surface area contributed by atoms with Crippen LogP contribution in [0.2, 0.25) is 0 Å². The molecule has 0 aliphatic carbocycles. The van der Waals surface area contributed by atoms with Gasteiger partial charge in [0.1, 0.15) is 0 Å². The number of benzene rings is 1. The third kappa shape index (κ3) is 3.73. The zero-order valence-electron chi connectivity index (χ0n) is 11.7. The van der Waals surface area contributed by atoms with Gasteiger partial charge < -0.3 is 15.3 Å². The molecule has 2 amide bonds. The lowest BCUT2D eigenvalue weighted by molar-refractivity contribution is 0.194. The van der Waals surface area contributed by atoms with Crippen LogP contribution >= 0.6 is 15.9 Å². The van der Waals surface area contributed by atoms with Crippen molar-refractivity contribution in [2.45, 2.75) is 25.8 Å². The monoisotopic (exact) mass is 340 g/mol. The normalized spacial score (nSPS) is 19.9. The summed E-state index contributed by atoms with van der Waals surface area (Å²) in [5, 5.41) is 12.2. The first-order valence-electron chi connectivity index (χ1n) is 7.05. The summed E-state index contributed by atoms with van der Waals surface area (Å²) < 4.78 is 1.03. The number of aliphatic hydroxyl groups excluding tert-OH is 1. The van der Waals surface area contributed by atoms with E-state index in [0.717, 1.165) is 29.4 Å². The number of aliphatic hydroxyl groups is 1. The van der Waals surface area contributed by atoms with Crippen LogP contribution in [0.3, 0.4) is 0 Å². The van der Waals surface area contributed by atoms with Crippen molar-refractivity contribution in [2.75, 3.05) is 19.7 Å². The number of rotatable bonds is 4. The maximum Gasteiger partial charge on any atom is 0.317 e. The Kier molecular flexibility index (Phi) is 5.43. The van der Waals surface area contributed by atoms with Crippen LogP contribution in [-0.4, -0.2) is 35.7 Å². The second-order valence-corrected chi connectivity index (χ2v) is 6.16. The Morgan fingerprint density at radius 1 is 1.50 bits per heavy atom. The number of likely N-dealkylation sites (tertiary alicyclic amines) is 1. The van der Waals surface area contributed by atoms with Gasteiger partial charge in [0.2, 0.25) is 0 Å². The average molecular weight is 341 g/mol. The number of amides is 2. The highest BCUT2D eigenvalue weighted by Crippen LogP contribution is 2.21. The predicted molar refractivity (Wildman–Crippen MR) is 82.5 cm³/mol. The van der Waals surface area contributed by atoms with E-state index in [1.54, 1.807) is 4.90 Å². The molecule has 1 aliphatic rings. The molecular formula is C15H21BrN2O2. The van der Waals surface area contributed by atoms with Crippen molar-refractivity contribution in [2.24, 2.45) is 5.92 Å². The zero-order valence-corrected chi connectivity index (χ0v) is 13.3. The summed E-state index contributed by atoms with van der Waals surface area (Å²) in [5.74, 6) is 0.230. The Morgan fingerprint density at radius 2 is 2.20 bits per heavy atom. The van der Waals surface area contributed by atoms with Crippen LogP contribution in [0.15, 0.2) is 28.7 Å². The number of nitrogens with zero attached hydrogens (tertiary/aromatic N) is 1. The van der Waals surface area contributed by atoms with Gasteiger partial charge in [0.05, 0.1) is 6.04 Å². The summed E-state index contributed by atoms with van der Waals surface area (Å²) in [5.41, 5.74) is 1.11. The Labute approximate surface area is 128 Å². The quantitative estimate of drug-likeness (QED) is 0.885. The molecule has 110 valence electrons. The maximum absolute atomic E-state index is 12.2. The topological polar surface area (TPSA) is 52.6 Å². The average Bonchev–Trinajstić information content (AvgIpc) is 2.94. The molecule has 1 aliphatic heterocycles. The molecule has 1 heterocycles. The van der Waals surface area contributed by atoms with E-state index in [-0.39, 0.29) is 24.6 Å². The van der Waals surface area contributed by atoms with E-state index in [9.17, 15) is 4.79 Å². The minimum Gasteiger partial charge on any atom is -0.396 e. The molecular weight excluding hydrogens is 320 g/mol. The summed E-state index contributed by atoms with van der Waals surface area (Å²) in [6.45, 7) is 3.61. The van der Waals surface area contributed by atoms with Crippen molar-refractivity contribution in [3.8, 4) is 0 Å². The second kappa shape index (κ2) is 7.09. The Bertz CT molecular complexity index is 450. The number of nitrogens with one attached hydrogen (secondary N) is 1. The number of hydrogen-bond donors (Lipinski definition) is 2. The molecule has 0 saturated carbocycles. The summed E-state index contributed by atoms with van der Waals surface area (Å²) in [6.07, 6.45) is 1.74. The minimum absolute atomic E-state index is 0.0313. The molecule has 20 heavy (non-hydrogen) atoms. The molecule has 0 radical (unpaired) electrons. The van der Waals surface area contributed by atoms with E-state index in [0.29, 0.717) is 6.54 Å². The molecule has 0 aromatic heterocycles. The molecule has 1 aromatic rings. The van der Waals surface area contributed by atoms with Crippen LogP contribution in [0.25, 0.3) is 0 Å². The van der Waals surface area contributed by atoms with Crippen molar-refractivity contribution >= 4 is 22.0 Å². The van der Waals surface area contributed by atoms with Gasteiger partial charge >= 0.3 is 6.03 Å². The first kappa shape index (κ1) is 15.3. The lowest BCUT2D eigenvalue weighted by atomic mass is 10.1. The molecule has 2 rings (SSSR count). The van der Waals surface area contributed by atoms with E-state index >= 15 is 0 Å². The molecule has 0 spiro atoms. The minimum atomic E-state index is -0.0317. The molecule has 4 nitrogen and oxygen atoms in total. The fourth-order valence-corrected chi connectivity index (χ4v) is 2.79. The van der Waals surface area contributed by atoms with Crippen molar-refractivity contribution in [1.29, 1.82) is 0 Å². The van der Waals surface area contributed by atoms with E-state index in [1.807, 2.05) is 24.3 Å². The molecule has 1 saturated heterocycles. The Hall–Kier alpha value is -1.07. The van der Waals surface area contributed by atoms with Crippen LogP contribution in [0, 0.1) is 5.92 Å². The van der Waals surface area contributed by atoms with Crippen LogP contribution in [0.1, 0.15) is 31.4 Å². The van der Waals surface area contributed by atoms with Gasteiger partial charge in [-0.15, -0.1) is 0 Å². The van der Waals surface area contributed by atoms with Gasteiger partial charge in [0.15, 0.2) is 0 Å². The van der Waals surface area contributed by atoms with Gasteiger partial charge in [-0.25, -0.2) is 4.79 Å². The summed E-state index contributed by atoms with van der Waals surface area (Å²) in [6, 6.07) is 8.03. The van der Waals surface area contributed by atoms with Gasteiger partial charge in [-0.3, -0.25) is 0 Å². The van der Waals surface area contributed by atoms with Crippen LogP contribution in [0.4, 0.5) is 4.79 Å². The standard InChI is InChI=1S/C15H21BrN2O2/c1-2-14(12-3-5-13(16)6-4-12)17-15(20)18-8-7-11(9-18)10-19/h3-6,11,14,19H,2,7-10H2,1H3,(H,17,20). The zero-order chi connectivity index (χ0) is 14.5. The highest BCUT2D eigenvalue weighted by Gasteiger charge is 2.26. The van der Waals surface area contributed by atoms with Crippen LogP contribution in [0.5, 0.6) is 0 Å². The Balaban J connectivity index is 1.96. The molecule has 1 fully saturated rings. The molecule has 0 bridgehead atoms. The van der Waals surface area contributed by atoms with Gasteiger partial charge in [-0.05, 0) is 30.5 Å².